The zero-order valence-electron chi connectivity index (χ0n) is 9.34. The molecule has 0 aliphatic carbocycles. The van der Waals surface area contributed by atoms with E-state index in [1.54, 1.807) is 30.6 Å². The number of rotatable bonds is 4. The maximum Gasteiger partial charge on any atom is 0.321 e. The lowest BCUT2D eigenvalue weighted by molar-refractivity contribution is 0.437. The van der Waals surface area contributed by atoms with Crippen molar-refractivity contribution >= 4 is 5.69 Å². The normalized spacial score (nSPS) is 9.88. The van der Waals surface area contributed by atoms with E-state index in [2.05, 4.69) is 16.5 Å². The standard InChI is InChI=1S/C13H13N3O/c1-2-4-10-9-11(14)5-6-12(10)17-13-15-7-3-8-16-13/h2-3,5-9H,1,4,14H2. The van der Waals surface area contributed by atoms with Crippen molar-refractivity contribution in [1.82, 2.24) is 9.97 Å². The van der Waals surface area contributed by atoms with Gasteiger partial charge in [0, 0.05) is 23.6 Å². The Morgan fingerprint density at radius 1 is 1.29 bits per heavy atom. The number of allylic oxidation sites excluding steroid dienone is 1. The summed E-state index contributed by atoms with van der Waals surface area (Å²) >= 11 is 0. The topological polar surface area (TPSA) is 61.0 Å². The summed E-state index contributed by atoms with van der Waals surface area (Å²) in [4.78, 5) is 8.01. The van der Waals surface area contributed by atoms with E-state index >= 15 is 0 Å². The van der Waals surface area contributed by atoms with Gasteiger partial charge in [-0.25, -0.2) is 9.97 Å². The number of hydrogen-bond donors (Lipinski definition) is 1. The van der Waals surface area contributed by atoms with Gasteiger partial charge in [-0.05, 0) is 30.7 Å². The lowest BCUT2D eigenvalue weighted by Crippen LogP contribution is -1.96. The Bertz CT molecular complexity index is 511. The van der Waals surface area contributed by atoms with E-state index in [0.717, 1.165) is 5.56 Å². The molecular formula is C13H13N3O. The van der Waals surface area contributed by atoms with Crippen LogP contribution in [0.3, 0.4) is 0 Å². The van der Waals surface area contributed by atoms with Crippen LogP contribution in [0, 0.1) is 0 Å². The molecule has 2 rings (SSSR count). The number of nitrogen functional groups attached to an aromatic ring is 1. The van der Waals surface area contributed by atoms with E-state index in [-0.39, 0.29) is 0 Å². The first kappa shape index (κ1) is 11.1. The maximum absolute atomic E-state index is 5.73. The van der Waals surface area contributed by atoms with Crippen molar-refractivity contribution in [3.05, 3.63) is 54.9 Å². The van der Waals surface area contributed by atoms with E-state index in [4.69, 9.17) is 10.5 Å². The van der Waals surface area contributed by atoms with Crippen molar-refractivity contribution in [2.24, 2.45) is 0 Å². The van der Waals surface area contributed by atoms with Gasteiger partial charge in [0.2, 0.25) is 0 Å². The van der Waals surface area contributed by atoms with Crippen molar-refractivity contribution in [2.45, 2.75) is 6.42 Å². The molecule has 0 fully saturated rings. The van der Waals surface area contributed by atoms with Gasteiger partial charge in [-0.3, -0.25) is 0 Å². The Morgan fingerprint density at radius 2 is 2.06 bits per heavy atom. The van der Waals surface area contributed by atoms with Crippen molar-refractivity contribution in [3.63, 3.8) is 0 Å². The Labute approximate surface area is 99.8 Å². The first-order valence-corrected chi connectivity index (χ1v) is 5.24. The first-order chi connectivity index (χ1) is 8.29. The molecule has 0 saturated heterocycles. The van der Waals surface area contributed by atoms with E-state index < -0.39 is 0 Å². The highest BCUT2D eigenvalue weighted by Gasteiger charge is 2.05. The summed E-state index contributed by atoms with van der Waals surface area (Å²) in [6.07, 6.45) is 5.75. The number of ether oxygens (including phenoxy) is 1. The Hall–Kier alpha value is -2.36. The smallest absolute Gasteiger partial charge is 0.321 e. The van der Waals surface area contributed by atoms with Crippen LogP contribution < -0.4 is 10.5 Å². The first-order valence-electron chi connectivity index (χ1n) is 5.24. The van der Waals surface area contributed by atoms with E-state index in [9.17, 15) is 0 Å². The van der Waals surface area contributed by atoms with Crippen LogP contribution in [-0.2, 0) is 6.42 Å². The highest BCUT2D eigenvalue weighted by molar-refractivity contribution is 5.49. The van der Waals surface area contributed by atoms with Crippen molar-refractivity contribution in [3.8, 4) is 11.8 Å². The zero-order chi connectivity index (χ0) is 12.1. The van der Waals surface area contributed by atoms with Gasteiger partial charge >= 0.3 is 6.01 Å². The number of nitrogens with zero attached hydrogens (tertiary/aromatic N) is 2. The van der Waals surface area contributed by atoms with E-state index in [1.165, 1.54) is 0 Å². The summed E-state index contributed by atoms with van der Waals surface area (Å²) in [5, 5.41) is 0. The molecule has 4 nitrogen and oxygen atoms in total. The molecule has 0 aliphatic heterocycles. The molecule has 0 aliphatic rings. The lowest BCUT2D eigenvalue weighted by Gasteiger charge is -2.08. The molecule has 17 heavy (non-hydrogen) atoms. The fraction of sp³-hybridized carbons (Fsp3) is 0.0769. The van der Waals surface area contributed by atoms with Crippen LogP contribution in [0.25, 0.3) is 0 Å². The van der Waals surface area contributed by atoms with Gasteiger partial charge in [0.15, 0.2) is 0 Å². The monoisotopic (exact) mass is 227 g/mol. The van der Waals surface area contributed by atoms with Gasteiger partial charge in [-0.1, -0.05) is 6.08 Å². The summed E-state index contributed by atoms with van der Waals surface area (Å²) < 4.78 is 5.59. The van der Waals surface area contributed by atoms with Crippen LogP contribution in [-0.4, -0.2) is 9.97 Å². The lowest BCUT2D eigenvalue weighted by atomic mass is 10.1. The molecule has 1 aromatic heterocycles. The number of anilines is 1. The second-order valence-corrected chi connectivity index (χ2v) is 3.49. The Morgan fingerprint density at radius 3 is 2.76 bits per heavy atom. The molecule has 86 valence electrons. The third-order valence-corrected chi connectivity index (χ3v) is 2.19. The third-order valence-electron chi connectivity index (χ3n) is 2.19. The Balaban J connectivity index is 2.29. The largest absolute Gasteiger partial charge is 0.424 e. The van der Waals surface area contributed by atoms with E-state index in [1.807, 2.05) is 12.1 Å². The predicted octanol–water partition coefficient (Wildman–Crippen LogP) is 2.58. The number of nitrogens with two attached hydrogens (primary N) is 1. The third kappa shape index (κ3) is 2.81. The molecule has 1 heterocycles. The van der Waals surface area contributed by atoms with Crippen LogP contribution in [0.1, 0.15) is 5.56 Å². The average Bonchev–Trinajstić information content (AvgIpc) is 2.34. The maximum atomic E-state index is 5.73. The molecule has 0 saturated carbocycles. The molecule has 0 radical (unpaired) electrons. The minimum atomic E-state index is 0.322. The molecule has 0 unspecified atom stereocenters. The fourth-order valence-electron chi connectivity index (χ4n) is 1.45. The van der Waals surface area contributed by atoms with Gasteiger partial charge in [-0.15, -0.1) is 6.58 Å². The highest BCUT2D eigenvalue weighted by atomic mass is 16.5. The average molecular weight is 227 g/mol. The predicted molar refractivity (Wildman–Crippen MR) is 66.9 cm³/mol. The van der Waals surface area contributed by atoms with Crippen LogP contribution in [0.4, 0.5) is 5.69 Å². The van der Waals surface area contributed by atoms with Gasteiger partial charge in [0.1, 0.15) is 5.75 Å². The molecule has 2 aromatic rings. The molecule has 0 amide bonds. The molecule has 0 bridgehead atoms. The van der Waals surface area contributed by atoms with Crippen LogP contribution in [0.15, 0.2) is 49.3 Å². The summed E-state index contributed by atoms with van der Waals surface area (Å²) in [7, 11) is 0. The minimum absolute atomic E-state index is 0.322. The summed E-state index contributed by atoms with van der Waals surface area (Å²) in [5.41, 5.74) is 7.39. The van der Waals surface area contributed by atoms with Crippen LogP contribution >= 0.6 is 0 Å². The van der Waals surface area contributed by atoms with Crippen molar-refractivity contribution in [1.29, 1.82) is 0 Å². The van der Waals surface area contributed by atoms with Gasteiger partial charge in [0.25, 0.3) is 0 Å². The highest BCUT2D eigenvalue weighted by Crippen LogP contribution is 2.25. The minimum Gasteiger partial charge on any atom is -0.424 e. The number of benzene rings is 1. The quantitative estimate of drug-likeness (QED) is 0.644. The zero-order valence-corrected chi connectivity index (χ0v) is 9.34. The number of hydrogen-bond acceptors (Lipinski definition) is 4. The molecular weight excluding hydrogens is 214 g/mol. The van der Waals surface area contributed by atoms with Gasteiger partial charge < -0.3 is 10.5 Å². The molecule has 4 heteroatoms. The molecule has 1 aromatic carbocycles. The summed E-state index contributed by atoms with van der Waals surface area (Å²) in [5.74, 6) is 0.699. The second-order valence-electron chi connectivity index (χ2n) is 3.49. The number of aromatic nitrogens is 2. The summed E-state index contributed by atoms with van der Waals surface area (Å²) in [6, 6.07) is 7.51. The van der Waals surface area contributed by atoms with Crippen LogP contribution in [0.2, 0.25) is 0 Å². The van der Waals surface area contributed by atoms with Gasteiger partial charge in [0.05, 0.1) is 0 Å². The van der Waals surface area contributed by atoms with Crippen molar-refractivity contribution < 1.29 is 4.74 Å². The second kappa shape index (κ2) is 5.12. The molecule has 0 spiro atoms. The fourth-order valence-corrected chi connectivity index (χ4v) is 1.45. The SMILES string of the molecule is C=CCc1cc(N)ccc1Oc1ncccn1. The Kier molecular flexibility index (Phi) is 3.35. The summed E-state index contributed by atoms with van der Waals surface area (Å²) in [6.45, 7) is 3.71. The van der Waals surface area contributed by atoms with Crippen LogP contribution in [0.5, 0.6) is 11.8 Å². The molecule has 0 atom stereocenters. The van der Waals surface area contributed by atoms with Gasteiger partial charge in [-0.2, -0.15) is 0 Å². The van der Waals surface area contributed by atoms with E-state index in [0.29, 0.717) is 23.9 Å². The molecule has 2 N–H and O–H groups in total. The van der Waals surface area contributed by atoms with Crippen molar-refractivity contribution in [2.75, 3.05) is 5.73 Å².